The Hall–Kier alpha value is -1.98. The number of nitrogens with zero attached hydrogens (tertiary/aromatic N) is 3. The monoisotopic (exact) mass is 455 g/mol. The molecule has 12 heteroatoms. The maximum atomic E-state index is 14.5. The minimum atomic E-state index is -4.58. The average Bonchev–Trinajstić information content (AvgIpc) is 2.62. The minimum absolute atomic E-state index is 0.0172. The second-order valence-corrected chi connectivity index (χ2v) is 8.97. The summed E-state index contributed by atoms with van der Waals surface area (Å²) in [6, 6.07) is 1.38. The molecule has 0 aliphatic carbocycles. The first kappa shape index (κ1) is 23.3. The van der Waals surface area contributed by atoms with Crippen LogP contribution in [0.15, 0.2) is 28.9 Å². The lowest BCUT2D eigenvalue weighted by atomic mass is 10.0. The average molecular weight is 456 g/mol. The zero-order chi connectivity index (χ0) is 22.0. The van der Waals surface area contributed by atoms with Crippen LogP contribution in [0.2, 0.25) is 5.02 Å². The Bertz CT molecular complexity index is 902. The van der Waals surface area contributed by atoms with Crippen molar-refractivity contribution in [2.75, 3.05) is 6.61 Å². The van der Waals surface area contributed by atoms with Crippen LogP contribution in [0.25, 0.3) is 0 Å². The topological polar surface area (TPSA) is 70.4 Å². The normalized spacial score (nSPS) is 14.1. The number of alkyl halides is 3. The van der Waals surface area contributed by atoms with Crippen molar-refractivity contribution in [3.8, 4) is 6.01 Å². The molecule has 1 heterocycles. The Morgan fingerprint density at radius 1 is 1.17 bits per heavy atom. The van der Waals surface area contributed by atoms with E-state index in [-0.39, 0.29) is 16.8 Å². The molecule has 1 aromatic carbocycles. The van der Waals surface area contributed by atoms with E-state index in [2.05, 4.69) is 19.1 Å². The van der Waals surface area contributed by atoms with Crippen LogP contribution in [-0.2, 0) is 11.4 Å². The van der Waals surface area contributed by atoms with E-state index >= 15 is 0 Å². The van der Waals surface area contributed by atoms with Gasteiger partial charge < -0.3 is 9.29 Å². The summed E-state index contributed by atoms with van der Waals surface area (Å²) in [5.41, 5.74) is -0.467. The van der Waals surface area contributed by atoms with Crippen molar-refractivity contribution in [1.82, 2.24) is 9.97 Å². The number of aromatic nitrogens is 2. The number of ether oxygens (including phenoxy) is 1. The third-order valence-corrected chi connectivity index (χ3v) is 5.00. The summed E-state index contributed by atoms with van der Waals surface area (Å²) in [5, 5.41) is -0.789. The summed E-state index contributed by atoms with van der Waals surface area (Å²) in [5.74, 6) is -2.15. The highest BCUT2D eigenvalue weighted by molar-refractivity contribution is 7.91. The Balaban J connectivity index is 2.49. The standard InChI is InChI=1S/C17H15ClF5N3O2S/c1-16(2,3)29(27)26-14(10-4-5-11(19)12(18)13(10)20)9-6-24-15(25-7-9)28-8-17(21,22)23/h4-7H,8H2,1-3H3/b26-14+. The summed E-state index contributed by atoms with van der Waals surface area (Å²) in [4.78, 5) is 7.25. The lowest BCUT2D eigenvalue weighted by Gasteiger charge is -2.19. The Morgan fingerprint density at radius 2 is 1.76 bits per heavy atom. The zero-order valence-corrected chi connectivity index (χ0v) is 16.9. The largest absolute Gasteiger partial charge is 0.591 e. The van der Waals surface area contributed by atoms with E-state index in [9.17, 15) is 26.5 Å². The molecule has 0 saturated heterocycles. The Labute approximate surface area is 171 Å². The van der Waals surface area contributed by atoms with Crippen molar-refractivity contribution in [1.29, 1.82) is 0 Å². The third kappa shape index (κ3) is 6.25. The first-order chi connectivity index (χ1) is 13.3. The fraction of sp³-hybridized carbons (Fsp3) is 0.353. The highest BCUT2D eigenvalue weighted by Gasteiger charge is 2.30. The fourth-order valence-corrected chi connectivity index (χ4v) is 2.65. The first-order valence-electron chi connectivity index (χ1n) is 7.96. The van der Waals surface area contributed by atoms with Gasteiger partial charge in [0.25, 0.3) is 0 Å². The molecular weight excluding hydrogens is 441 g/mol. The van der Waals surface area contributed by atoms with Crippen LogP contribution in [0.3, 0.4) is 0 Å². The first-order valence-corrected chi connectivity index (χ1v) is 9.44. The van der Waals surface area contributed by atoms with Gasteiger partial charge in [-0.1, -0.05) is 16.0 Å². The third-order valence-electron chi connectivity index (χ3n) is 3.25. The van der Waals surface area contributed by atoms with Crippen LogP contribution in [0.1, 0.15) is 31.9 Å². The molecule has 2 aromatic rings. The molecule has 0 N–H and O–H groups in total. The van der Waals surface area contributed by atoms with Gasteiger partial charge in [-0.2, -0.15) is 13.2 Å². The van der Waals surface area contributed by atoms with E-state index in [4.69, 9.17) is 11.6 Å². The number of rotatable bonds is 5. The zero-order valence-electron chi connectivity index (χ0n) is 15.4. The molecule has 0 aliphatic heterocycles. The van der Waals surface area contributed by atoms with Crippen LogP contribution in [0.5, 0.6) is 6.01 Å². The predicted octanol–water partition coefficient (Wildman–Crippen LogP) is 4.65. The van der Waals surface area contributed by atoms with Crippen molar-refractivity contribution in [3.63, 3.8) is 0 Å². The van der Waals surface area contributed by atoms with Gasteiger partial charge in [-0.25, -0.2) is 18.7 Å². The maximum absolute atomic E-state index is 14.5. The molecule has 0 fully saturated rings. The van der Waals surface area contributed by atoms with E-state index in [1.165, 1.54) is 0 Å². The summed E-state index contributed by atoms with van der Waals surface area (Å²) >= 11 is 3.75. The van der Waals surface area contributed by atoms with Crippen LogP contribution < -0.4 is 4.74 Å². The Morgan fingerprint density at radius 3 is 2.28 bits per heavy atom. The minimum Gasteiger partial charge on any atom is -0.591 e. The van der Waals surface area contributed by atoms with Gasteiger partial charge in [0.2, 0.25) is 0 Å². The molecule has 29 heavy (non-hydrogen) atoms. The molecule has 0 saturated carbocycles. The molecule has 2 rings (SSSR count). The van der Waals surface area contributed by atoms with Gasteiger partial charge in [-0.05, 0) is 32.9 Å². The van der Waals surface area contributed by atoms with Crippen molar-refractivity contribution < 1.29 is 31.2 Å². The predicted molar refractivity (Wildman–Crippen MR) is 98.5 cm³/mol. The number of benzene rings is 1. The van der Waals surface area contributed by atoms with Gasteiger partial charge in [0.15, 0.2) is 12.4 Å². The van der Waals surface area contributed by atoms with Gasteiger partial charge >= 0.3 is 12.2 Å². The number of hydrogen-bond donors (Lipinski definition) is 0. The maximum Gasteiger partial charge on any atom is 0.422 e. The summed E-state index contributed by atoms with van der Waals surface area (Å²) in [7, 11) is 0. The molecule has 0 amide bonds. The van der Waals surface area contributed by atoms with Gasteiger partial charge in [-0.15, -0.1) is 0 Å². The lowest BCUT2D eigenvalue weighted by Crippen LogP contribution is -2.27. The van der Waals surface area contributed by atoms with Gasteiger partial charge in [0.05, 0.1) is 0 Å². The van der Waals surface area contributed by atoms with Gasteiger partial charge in [-0.3, -0.25) is 0 Å². The van der Waals surface area contributed by atoms with Crippen molar-refractivity contribution in [3.05, 3.63) is 52.3 Å². The molecule has 0 aliphatic rings. The fourth-order valence-electron chi connectivity index (χ4n) is 1.85. The molecule has 0 bridgehead atoms. The van der Waals surface area contributed by atoms with Crippen molar-refractivity contribution in [2.45, 2.75) is 31.7 Å². The molecule has 1 unspecified atom stereocenters. The van der Waals surface area contributed by atoms with Gasteiger partial charge in [0.1, 0.15) is 32.7 Å². The van der Waals surface area contributed by atoms with Crippen LogP contribution in [0.4, 0.5) is 22.0 Å². The van der Waals surface area contributed by atoms with E-state index in [1.807, 2.05) is 0 Å². The van der Waals surface area contributed by atoms with Gasteiger partial charge in [0, 0.05) is 23.5 Å². The molecule has 5 nitrogen and oxygen atoms in total. The second kappa shape index (κ2) is 8.80. The molecule has 0 radical (unpaired) electrons. The summed E-state index contributed by atoms with van der Waals surface area (Å²) in [6.45, 7) is 3.29. The SMILES string of the molecule is CC(C)(C)[S+]([O-])/N=C(\c1cnc(OCC(F)(F)F)nc1)c1ccc(F)c(Cl)c1F. The van der Waals surface area contributed by atoms with E-state index in [0.29, 0.717) is 0 Å². The molecule has 0 spiro atoms. The lowest BCUT2D eigenvalue weighted by molar-refractivity contribution is -0.154. The van der Waals surface area contributed by atoms with E-state index in [0.717, 1.165) is 24.5 Å². The van der Waals surface area contributed by atoms with Crippen LogP contribution in [0, 0.1) is 11.6 Å². The highest BCUT2D eigenvalue weighted by Crippen LogP contribution is 2.27. The summed E-state index contributed by atoms with van der Waals surface area (Å²) < 4.78 is 84.8. The molecule has 1 aromatic heterocycles. The number of halogens is 6. The second-order valence-electron chi connectivity index (χ2n) is 6.68. The smallest absolute Gasteiger partial charge is 0.422 e. The van der Waals surface area contributed by atoms with E-state index < -0.39 is 51.6 Å². The molecular formula is C17H15ClF5N3O2S. The Kier molecular flexibility index (Phi) is 7.07. The molecule has 158 valence electrons. The highest BCUT2D eigenvalue weighted by atomic mass is 35.5. The number of hydrogen-bond acceptors (Lipinski definition) is 5. The van der Waals surface area contributed by atoms with Crippen LogP contribution in [-0.4, -0.2) is 37.8 Å². The van der Waals surface area contributed by atoms with Crippen LogP contribution >= 0.6 is 11.6 Å². The van der Waals surface area contributed by atoms with Crippen molar-refractivity contribution >= 4 is 28.7 Å². The van der Waals surface area contributed by atoms with Crippen molar-refractivity contribution in [2.24, 2.45) is 4.40 Å². The van der Waals surface area contributed by atoms with E-state index in [1.54, 1.807) is 20.8 Å². The summed E-state index contributed by atoms with van der Waals surface area (Å²) in [6.07, 6.45) is -2.53. The quantitative estimate of drug-likeness (QED) is 0.285. The molecule has 1 atom stereocenters.